The van der Waals surface area contributed by atoms with Gasteiger partial charge >= 0.3 is 0 Å². The molecule has 1 unspecified atom stereocenters. The summed E-state index contributed by atoms with van der Waals surface area (Å²) in [5, 5.41) is 3.29. The number of hydrogen-bond acceptors (Lipinski definition) is 2. The van der Waals surface area contributed by atoms with Crippen molar-refractivity contribution in [1.82, 2.24) is 5.32 Å². The van der Waals surface area contributed by atoms with E-state index in [1.807, 2.05) is 19.2 Å². The largest absolute Gasteiger partial charge is 0.309 e. The van der Waals surface area contributed by atoms with Crippen LogP contribution in [0, 0.1) is 19.7 Å². The second-order valence-corrected chi connectivity index (χ2v) is 6.43. The van der Waals surface area contributed by atoms with Gasteiger partial charge in [-0.3, -0.25) is 0 Å². The van der Waals surface area contributed by atoms with E-state index in [1.165, 1.54) is 15.8 Å². The Morgan fingerprint density at radius 3 is 2.50 bits per heavy atom. The maximum absolute atomic E-state index is 13.3. The summed E-state index contributed by atoms with van der Waals surface area (Å²) >= 11 is 5.28. The van der Waals surface area contributed by atoms with Gasteiger partial charge in [0, 0.05) is 14.2 Å². The first kappa shape index (κ1) is 13.7. The summed E-state index contributed by atoms with van der Waals surface area (Å²) in [7, 11) is 1.92. The van der Waals surface area contributed by atoms with E-state index in [1.54, 1.807) is 18.3 Å². The molecule has 1 atom stereocenters. The Morgan fingerprint density at radius 1 is 1.28 bits per heavy atom. The highest BCUT2D eigenvalue weighted by Crippen LogP contribution is 2.33. The third-order valence-corrected chi connectivity index (χ3v) is 5.17. The Bertz CT molecular complexity index is 545. The van der Waals surface area contributed by atoms with E-state index < -0.39 is 0 Å². The average molecular weight is 328 g/mol. The molecule has 0 aliphatic rings. The van der Waals surface area contributed by atoms with Gasteiger partial charge in [0.15, 0.2) is 0 Å². The predicted molar refractivity (Wildman–Crippen MR) is 78.8 cm³/mol. The third-order valence-electron chi connectivity index (χ3n) is 2.96. The highest BCUT2D eigenvalue weighted by Gasteiger charge is 2.16. The summed E-state index contributed by atoms with van der Waals surface area (Å²) in [4.78, 5) is 2.48. The fourth-order valence-electron chi connectivity index (χ4n) is 1.94. The standard InChI is InChI=1S/C14H15BrFNS/c1-8-6-10(4-5-12(8)16)14(17-3)13-7-11(15)9(2)18-13/h4-7,14,17H,1-3H3. The first-order valence-electron chi connectivity index (χ1n) is 5.72. The summed E-state index contributed by atoms with van der Waals surface area (Å²) in [6, 6.07) is 7.51. The molecule has 0 spiro atoms. The van der Waals surface area contributed by atoms with Crippen molar-refractivity contribution in [3.63, 3.8) is 0 Å². The van der Waals surface area contributed by atoms with Gasteiger partial charge in [0.05, 0.1) is 6.04 Å². The van der Waals surface area contributed by atoms with Crippen molar-refractivity contribution < 1.29 is 4.39 Å². The second-order valence-electron chi connectivity index (χ2n) is 4.28. The maximum Gasteiger partial charge on any atom is 0.126 e. The minimum absolute atomic E-state index is 0.110. The van der Waals surface area contributed by atoms with Crippen LogP contribution in [0.2, 0.25) is 0 Å². The minimum Gasteiger partial charge on any atom is -0.309 e. The van der Waals surface area contributed by atoms with Gasteiger partial charge in [-0.05, 0) is 60.1 Å². The van der Waals surface area contributed by atoms with E-state index in [0.29, 0.717) is 5.56 Å². The molecule has 1 aromatic carbocycles. The molecule has 0 aliphatic carbocycles. The first-order valence-corrected chi connectivity index (χ1v) is 7.33. The Labute approximate surface area is 119 Å². The lowest BCUT2D eigenvalue weighted by Crippen LogP contribution is -2.16. The predicted octanol–water partition coefficient (Wildman–Crippen LogP) is 4.58. The van der Waals surface area contributed by atoms with Gasteiger partial charge in [0.25, 0.3) is 0 Å². The SMILES string of the molecule is CNC(c1ccc(F)c(C)c1)c1cc(Br)c(C)s1. The fourth-order valence-corrected chi connectivity index (χ4v) is 3.64. The molecule has 4 heteroatoms. The molecule has 2 aromatic rings. The van der Waals surface area contributed by atoms with Gasteiger partial charge in [-0.25, -0.2) is 4.39 Å². The lowest BCUT2D eigenvalue weighted by molar-refractivity contribution is 0.614. The van der Waals surface area contributed by atoms with E-state index in [2.05, 4.69) is 34.2 Å². The number of halogens is 2. The molecular formula is C14H15BrFNS. The van der Waals surface area contributed by atoms with Crippen LogP contribution >= 0.6 is 27.3 Å². The highest BCUT2D eigenvalue weighted by molar-refractivity contribution is 9.10. The second kappa shape index (κ2) is 5.51. The van der Waals surface area contributed by atoms with Crippen LogP contribution in [0.5, 0.6) is 0 Å². The van der Waals surface area contributed by atoms with Crippen LogP contribution in [-0.2, 0) is 0 Å². The summed E-state index contributed by atoms with van der Waals surface area (Å²) in [6.07, 6.45) is 0. The number of aryl methyl sites for hydroxylation is 2. The van der Waals surface area contributed by atoms with Crippen molar-refractivity contribution in [3.05, 3.63) is 55.4 Å². The van der Waals surface area contributed by atoms with Crippen molar-refractivity contribution in [1.29, 1.82) is 0 Å². The highest BCUT2D eigenvalue weighted by atomic mass is 79.9. The first-order chi connectivity index (χ1) is 8.52. The van der Waals surface area contributed by atoms with Gasteiger partial charge in [-0.2, -0.15) is 0 Å². The van der Waals surface area contributed by atoms with E-state index in [0.717, 1.165) is 10.0 Å². The maximum atomic E-state index is 13.3. The van der Waals surface area contributed by atoms with Gasteiger partial charge < -0.3 is 5.32 Å². The average Bonchev–Trinajstić information content (AvgIpc) is 2.65. The Kier molecular flexibility index (Phi) is 4.20. The van der Waals surface area contributed by atoms with Gasteiger partial charge in [0.1, 0.15) is 5.82 Å². The van der Waals surface area contributed by atoms with Gasteiger partial charge in [-0.15, -0.1) is 11.3 Å². The molecule has 2 rings (SSSR count). The molecule has 0 bridgehead atoms. The summed E-state index contributed by atoms with van der Waals surface area (Å²) in [5.74, 6) is -0.155. The topological polar surface area (TPSA) is 12.0 Å². The van der Waals surface area contributed by atoms with Crippen LogP contribution in [0.15, 0.2) is 28.7 Å². The van der Waals surface area contributed by atoms with Crippen LogP contribution in [0.3, 0.4) is 0 Å². The lowest BCUT2D eigenvalue weighted by atomic mass is 10.0. The summed E-state index contributed by atoms with van der Waals surface area (Å²) in [5.41, 5.74) is 1.77. The number of hydrogen-bond donors (Lipinski definition) is 1. The van der Waals surface area contributed by atoms with Crippen LogP contribution in [-0.4, -0.2) is 7.05 Å². The van der Waals surface area contributed by atoms with Crippen LogP contribution in [0.25, 0.3) is 0 Å². The molecule has 0 amide bonds. The summed E-state index contributed by atoms with van der Waals surface area (Å²) < 4.78 is 14.4. The summed E-state index contributed by atoms with van der Waals surface area (Å²) in [6.45, 7) is 3.88. The van der Waals surface area contributed by atoms with Crippen molar-refractivity contribution in [2.45, 2.75) is 19.9 Å². The number of nitrogens with one attached hydrogen (secondary N) is 1. The number of benzene rings is 1. The molecule has 0 radical (unpaired) electrons. The molecule has 0 aliphatic heterocycles. The molecule has 1 aromatic heterocycles. The van der Waals surface area contributed by atoms with E-state index in [4.69, 9.17) is 0 Å². The van der Waals surface area contributed by atoms with Crippen LogP contribution < -0.4 is 5.32 Å². The van der Waals surface area contributed by atoms with E-state index >= 15 is 0 Å². The van der Waals surface area contributed by atoms with Gasteiger partial charge in [-0.1, -0.05) is 12.1 Å². The molecule has 96 valence electrons. The quantitative estimate of drug-likeness (QED) is 0.870. The minimum atomic E-state index is -0.155. The normalized spacial score (nSPS) is 12.7. The van der Waals surface area contributed by atoms with Crippen molar-refractivity contribution in [3.8, 4) is 0 Å². The zero-order valence-electron chi connectivity index (χ0n) is 10.6. The van der Waals surface area contributed by atoms with Crippen LogP contribution in [0.1, 0.15) is 26.9 Å². The van der Waals surface area contributed by atoms with Crippen LogP contribution in [0.4, 0.5) is 4.39 Å². The molecule has 18 heavy (non-hydrogen) atoms. The monoisotopic (exact) mass is 327 g/mol. The zero-order chi connectivity index (χ0) is 13.3. The smallest absolute Gasteiger partial charge is 0.126 e. The third kappa shape index (κ3) is 2.66. The Balaban J connectivity index is 2.41. The molecular weight excluding hydrogens is 313 g/mol. The number of thiophene rings is 1. The molecule has 1 nitrogen and oxygen atoms in total. The molecule has 1 N–H and O–H groups in total. The Hall–Kier alpha value is -0.710. The van der Waals surface area contributed by atoms with E-state index in [-0.39, 0.29) is 11.9 Å². The van der Waals surface area contributed by atoms with Crippen molar-refractivity contribution >= 4 is 27.3 Å². The number of rotatable bonds is 3. The van der Waals surface area contributed by atoms with E-state index in [9.17, 15) is 4.39 Å². The molecule has 0 saturated heterocycles. The zero-order valence-corrected chi connectivity index (χ0v) is 13.0. The van der Waals surface area contributed by atoms with Gasteiger partial charge in [0.2, 0.25) is 0 Å². The fraction of sp³-hybridized carbons (Fsp3) is 0.286. The van der Waals surface area contributed by atoms with Crippen molar-refractivity contribution in [2.75, 3.05) is 7.05 Å². The van der Waals surface area contributed by atoms with Crippen molar-refractivity contribution in [2.24, 2.45) is 0 Å². The molecule has 1 heterocycles. The Morgan fingerprint density at radius 2 is 2.00 bits per heavy atom. The lowest BCUT2D eigenvalue weighted by Gasteiger charge is -2.15. The molecule has 0 fully saturated rings. The molecule has 0 saturated carbocycles.